The molecule has 2 aromatic rings. The molecule has 0 unspecified atom stereocenters. The fourth-order valence-corrected chi connectivity index (χ4v) is 4.08. The monoisotopic (exact) mass is 337 g/mol. The molecule has 5 nitrogen and oxygen atoms in total. The van der Waals surface area contributed by atoms with Crippen LogP contribution < -0.4 is 5.32 Å². The Bertz CT molecular complexity index is 707. The number of hydrogen-bond donors (Lipinski definition) is 2. The van der Waals surface area contributed by atoms with Crippen molar-refractivity contribution in [3.8, 4) is 10.4 Å². The summed E-state index contributed by atoms with van der Waals surface area (Å²) >= 11 is 7.49. The molecular weight excluding hydrogens is 322 g/mol. The number of morpholine rings is 1. The Morgan fingerprint density at radius 2 is 2.23 bits per heavy atom. The van der Waals surface area contributed by atoms with E-state index in [1.54, 1.807) is 6.20 Å². The number of aromatic amines is 1. The highest BCUT2D eigenvalue weighted by molar-refractivity contribution is 7.19. The lowest BCUT2D eigenvalue weighted by Gasteiger charge is -2.48. The number of rotatable bonds is 2. The number of ether oxygens (including phenoxy) is 1. The molecule has 7 heteroatoms. The summed E-state index contributed by atoms with van der Waals surface area (Å²) in [6, 6.07) is 3.80. The van der Waals surface area contributed by atoms with E-state index in [0.717, 1.165) is 27.9 Å². The largest absolute Gasteiger partial charge is 0.369 e. The van der Waals surface area contributed by atoms with Gasteiger partial charge in [-0.2, -0.15) is 0 Å². The van der Waals surface area contributed by atoms with Crippen LogP contribution in [0, 0.1) is 0 Å². The highest BCUT2D eigenvalue weighted by Gasteiger charge is 2.43. The topological polar surface area (TPSA) is 57.4 Å². The summed E-state index contributed by atoms with van der Waals surface area (Å²) < 4.78 is 6.56. The van der Waals surface area contributed by atoms with Crippen molar-refractivity contribution in [1.29, 1.82) is 0 Å². The third kappa shape index (κ3) is 2.36. The summed E-state index contributed by atoms with van der Waals surface area (Å²) in [5.74, 6) is 0.0512. The van der Waals surface area contributed by atoms with E-state index in [9.17, 15) is 4.79 Å². The van der Waals surface area contributed by atoms with E-state index in [4.69, 9.17) is 16.3 Å². The highest BCUT2D eigenvalue weighted by atomic mass is 35.5. The minimum absolute atomic E-state index is 0.0512. The van der Waals surface area contributed by atoms with Gasteiger partial charge in [0.15, 0.2) is 0 Å². The maximum atomic E-state index is 12.9. The van der Waals surface area contributed by atoms with Gasteiger partial charge in [0.25, 0.3) is 5.91 Å². The number of nitrogens with one attached hydrogen (secondary N) is 2. The normalized spacial score (nSPS) is 20.1. The smallest absolute Gasteiger partial charge is 0.256 e. The molecule has 0 aromatic carbocycles. The maximum absolute atomic E-state index is 12.9. The molecule has 2 N–H and O–H groups in total. The summed E-state index contributed by atoms with van der Waals surface area (Å²) in [5, 5.41) is 3.22. The fraction of sp³-hybridized carbons (Fsp3) is 0.400. The zero-order valence-corrected chi connectivity index (χ0v) is 13.5. The number of carbonyl (C=O) groups excluding carboxylic acids is 1. The average Bonchev–Trinajstić information content (AvgIpc) is 3.13. The van der Waals surface area contributed by atoms with Crippen molar-refractivity contribution in [1.82, 2.24) is 15.2 Å². The van der Waals surface area contributed by atoms with Crippen molar-refractivity contribution in [2.45, 2.75) is 5.60 Å². The van der Waals surface area contributed by atoms with Gasteiger partial charge < -0.3 is 19.9 Å². The minimum atomic E-state index is -0.184. The SMILES string of the molecule is O=C(c1c[nH]cc1-c1ccc(Cl)s1)N1CCOC2(CNC2)C1. The Morgan fingerprint density at radius 3 is 2.91 bits per heavy atom. The van der Waals surface area contributed by atoms with Crippen LogP contribution in [0.25, 0.3) is 10.4 Å². The van der Waals surface area contributed by atoms with Crippen LogP contribution in [0.5, 0.6) is 0 Å². The van der Waals surface area contributed by atoms with Gasteiger partial charge in [-0.15, -0.1) is 11.3 Å². The van der Waals surface area contributed by atoms with E-state index in [-0.39, 0.29) is 11.5 Å². The highest BCUT2D eigenvalue weighted by Crippen LogP contribution is 2.34. The molecule has 1 spiro atoms. The quantitative estimate of drug-likeness (QED) is 0.883. The van der Waals surface area contributed by atoms with Crippen LogP contribution in [0.1, 0.15) is 10.4 Å². The molecule has 116 valence electrons. The molecule has 0 saturated carbocycles. The summed E-state index contributed by atoms with van der Waals surface area (Å²) in [5.41, 5.74) is 1.42. The van der Waals surface area contributed by atoms with E-state index < -0.39 is 0 Å². The fourth-order valence-electron chi connectivity index (χ4n) is 3.01. The molecule has 0 atom stereocenters. The molecule has 2 fully saturated rings. The van der Waals surface area contributed by atoms with Gasteiger partial charge in [0.1, 0.15) is 5.60 Å². The average molecular weight is 338 g/mol. The Hall–Kier alpha value is -1.34. The predicted molar refractivity (Wildman–Crippen MR) is 86.6 cm³/mol. The van der Waals surface area contributed by atoms with Gasteiger partial charge in [-0.05, 0) is 12.1 Å². The Balaban J connectivity index is 1.59. The molecule has 4 heterocycles. The molecule has 22 heavy (non-hydrogen) atoms. The zero-order chi connectivity index (χ0) is 15.2. The van der Waals surface area contributed by atoms with E-state index in [1.165, 1.54) is 11.3 Å². The molecule has 4 rings (SSSR count). The molecular formula is C15H16ClN3O2S. The molecule has 2 aliphatic rings. The molecule has 0 aliphatic carbocycles. The second kappa shape index (κ2) is 5.38. The third-order valence-electron chi connectivity index (χ3n) is 4.24. The van der Waals surface area contributed by atoms with Crippen LogP contribution in [-0.2, 0) is 4.74 Å². The van der Waals surface area contributed by atoms with Crippen LogP contribution >= 0.6 is 22.9 Å². The first-order valence-corrected chi connectivity index (χ1v) is 8.43. The molecule has 2 aliphatic heterocycles. The summed E-state index contributed by atoms with van der Waals surface area (Å²) in [7, 11) is 0. The maximum Gasteiger partial charge on any atom is 0.256 e. The Kier molecular flexibility index (Phi) is 3.49. The number of nitrogens with zero attached hydrogens (tertiary/aromatic N) is 1. The van der Waals surface area contributed by atoms with Crippen molar-refractivity contribution < 1.29 is 9.53 Å². The summed E-state index contributed by atoms with van der Waals surface area (Å²) in [6.07, 6.45) is 3.63. The first kappa shape index (κ1) is 14.3. The molecule has 0 radical (unpaired) electrons. The summed E-state index contributed by atoms with van der Waals surface area (Å²) in [4.78, 5) is 18.8. The van der Waals surface area contributed by atoms with Crippen LogP contribution in [0.4, 0.5) is 0 Å². The second-order valence-corrected chi connectivity index (χ2v) is 7.46. The number of halogens is 1. The number of aromatic nitrogens is 1. The summed E-state index contributed by atoms with van der Waals surface area (Å²) in [6.45, 7) is 3.51. The van der Waals surface area contributed by atoms with Gasteiger partial charge in [0.05, 0.1) is 23.1 Å². The van der Waals surface area contributed by atoms with E-state index in [0.29, 0.717) is 25.3 Å². The first-order chi connectivity index (χ1) is 10.7. The first-order valence-electron chi connectivity index (χ1n) is 7.23. The minimum Gasteiger partial charge on any atom is -0.369 e. The molecule has 0 bridgehead atoms. The van der Waals surface area contributed by atoms with Crippen LogP contribution in [0.15, 0.2) is 24.5 Å². The van der Waals surface area contributed by atoms with E-state index in [2.05, 4.69) is 10.3 Å². The molecule has 2 aromatic heterocycles. The number of carbonyl (C=O) groups is 1. The van der Waals surface area contributed by atoms with E-state index in [1.807, 2.05) is 23.2 Å². The van der Waals surface area contributed by atoms with Crippen molar-refractivity contribution in [3.05, 3.63) is 34.4 Å². The molecule has 2 saturated heterocycles. The number of H-pyrrole nitrogens is 1. The number of thiophene rings is 1. The zero-order valence-electron chi connectivity index (χ0n) is 11.9. The lowest BCUT2D eigenvalue weighted by molar-refractivity contribution is -0.126. The second-order valence-electron chi connectivity index (χ2n) is 5.75. The van der Waals surface area contributed by atoms with Crippen molar-refractivity contribution in [3.63, 3.8) is 0 Å². The van der Waals surface area contributed by atoms with Crippen LogP contribution in [0.2, 0.25) is 4.34 Å². The lowest BCUT2D eigenvalue weighted by Crippen LogP contribution is -2.69. The standard InChI is InChI=1S/C15H16ClN3O2S/c16-13-2-1-12(22-13)10-5-17-6-11(10)14(20)19-3-4-21-15(9-19)7-18-8-15/h1-2,5-6,17-18H,3-4,7-9H2. The van der Waals surface area contributed by atoms with Gasteiger partial charge in [0, 0.05) is 42.5 Å². The van der Waals surface area contributed by atoms with Crippen LogP contribution in [-0.4, -0.2) is 54.2 Å². The third-order valence-corrected chi connectivity index (χ3v) is 5.51. The number of hydrogen-bond acceptors (Lipinski definition) is 4. The number of amides is 1. The van der Waals surface area contributed by atoms with Gasteiger partial charge in [0.2, 0.25) is 0 Å². The van der Waals surface area contributed by atoms with Gasteiger partial charge in [-0.3, -0.25) is 4.79 Å². The van der Waals surface area contributed by atoms with Gasteiger partial charge in [-0.1, -0.05) is 11.6 Å². The van der Waals surface area contributed by atoms with Crippen molar-refractivity contribution in [2.75, 3.05) is 32.8 Å². The Morgan fingerprint density at radius 1 is 1.36 bits per heavy atom. The van der Waals surface area contributed by atoms with Gasteiger partial charge in [-0.25, -0.2) is 0 Å². The van der Waals surface area contributed by atoms with Gasteiger partial charge >= 0.3 is 0 Å². The van der Waals surface area contributed by atoms with Crippen LogP contribution in [0.3, 0.4) is 0 Å². The predicted octanol–water partition coefficient (Wildman–Crippen LogP) is 2.21. The molecule has 1 amide bonds. The van der Waals surface area contributed by atoms with Crippen molar-refractivity contribution in [2.24, 2.45) is 0 Å². The van der Waals surface area contributed by atoms with Crippen molar-refractivity contribution >= 4 is 28.8 Å². The lowest BCUT2D eigenvalue weighted by atomic mass is 9.94. The van der Waals surface area contributed by atoms with E-state index >= 15 is 0 Å². The Labute approximate surface area is 137 Å².